The molecule has 0 atom stereocenters. The Morgan fingerprint density at radius 3 is 2.47 bits per heavy atom. The first-order valence-electron chi connectivity index (χ1n) is 4.22. The number of carbonyl (C=O) groups is 1. The van der Waals surface area contributed by atoms with Crippen LogP contribution < -0.4 is 0 Å². The molecule has 0 spiro atoms. The second-order valence-corrected chi connectivity index (χ2v) is 2.55. The summed E-state index contributed by atoms with van der Waals surface area (Å²) in [5.41, 5.74) is 0.463. The first-order chi connectivity index (χ1) is 6.84. The highest BCUT2D eigenvalue weighted by Gasteiger charge is 2.06. The zero-order valence-electron chi connectivity index (χ0n) is 8.34. The van der Waals surface area contributed by atoms with Crippen LogP contribution >= 0.6 is 12.4 Å². The lowest BCUT2D eigenvalue weighted by molar-refractivity contribution is -0.246. The van der Waals surface area contributed by atoms with Crippen LogP contribution in [0.5, 0.6) is 0 Å². The SMILES string of the molecule is COCCOOC(=O)c1ccccc1.Cl. The molecule has 1 rings (SSSR count). The van der Waals surface area contributed by atoms with E-state index in [0.29, 0.717) is 12.2 Å². The summed E-state index contributed by atoms with van der Waals surface area (Å²) in [4.78, 5) is 20.3. The van der Waals surface area contributed by atoms with Gasteiger partial charge in [0.05, 0.1) is 12.2 Å². The Morgan fingerprint density at radius 2 is 1.87 bits per heavy atom. The lowest BCUT2D eigenvalue weighted by Gasteiger charge is -2.02. The molecule has 0 unspecified atom stereocenters. The number of methoxy groups -OCH3 is 1. The highest BCUT2D eigenvalue weighted by molar-refractivity contribution is 5.88. The van der Waals surface area contributed by atoms with Crippen molar-refractivity contribution in [2.24, 2.45) is 0 Å². The molecule has 0 aliphatic rings. The Hall–Kier alpha value is -1.10. The van der Waals surface area contributed by atoms with Gasteiger partial charge < -0.3 is 4.74 Å². The van der Waals surface area contributed by atoms with E-state index in [1.807, 2.05) is 6.07 Å². The minimum Gasteiger partial charge on any atom is -0.382 e. The normalized spacial score (nSPS) is 9.13. The van der Waals surface area contributed by atoms with Crippen LogP contribution in [-0.4, -0.2) is 26.3 Å². The molecule has 84 valence electrons. The molecule has 4 nitrogen and oxygen atoms in total. The Balaban J connectivity index is 0.00000196. The Morgan fingerprint density at radius 1 is 1.20 bits per heavy atom. The molecule has 0 amide bonds. The molecule has 0 heterocycles. The van der Waals surface area contributed by atoms with Gasteiger partial charge in [-0.2, -0.15) is 4.89 Å². The van der Waals surface area contributed by atoms with Gasteiger partial charge in [0.15, 0.2) is 0 Å². The van der Waals surface area contributed by atoms with Gasteiger partial charge >= 0.3 is 5.97 Å². The Labute approximate surface area is 94.5 Å². The average Bonchev–Trinajstić information content (AvgIpc) is 2.25. The third kappa shape index (κ3) is 5.37. The fourth-order valence-electron chi connectivity index (χ4n) is 0.835. The van der Waals surface area contributed by atoms with E-state index in [1.165, 1.54) is 0 Å². The molecule has 0 aliphatic carbocycles. The van der Waals surface area contributed by atoms with Crippen LogP contribution in [0.2, 0.25) is 0 Å². The summed E-state index contributed by atoms with van der Waals surface area (Å²) in [6, 6.07) is 8.64. The summed E-state index contributed by atoms with van der Waals surface area (Å²) in [7, 11) is 1.54. The van der Waals surface area contributed by atoms with Crippen molar-refractivity contribution in [2.45, 2.75) is 0 Å². The smallest absolute Gasteiger partial charge is 0.373 e. The molecule has 1 aromatic rings. The van der Waals surface area contributed by atoms with Crippen molar-refractivity contribution in [1.82, 2.24) is 0 Å². The number of carbonyl (C=O) groups excluding carboxylic acids is 1. The summed E-state index contributed by atoms with van der Waals surface area (Å²) in [6.45, 7) is 0.622. The van der Waals surface area contributed by atoms with E-state index in [0.717, 1.165) is 0 Å². The minimum atomic E-state index is -0.498. The van der Waals surface area contributed by atoms with Gasteiger partial charge in [-0.3, -0.25) is 4.89 Å². The highest BCUT2D eigenvalue weighted by Crippen LogP contribution is 2.00. The lowest BCUT2D eigenvalue weighted by atomic mass is 10.2. The van der Waals surface area contributed by atoms with Gasteiger partial charge in [0.2, 0.25) is 0 Å². The number of halogens is 1. The number of benzene rings is 1. The first-order valence-corrected chi connectivity index (χ1v) is 4.22. The van der Waals surface area contributed by atoms with Crippen LogP contribution in [0.15, 0.2) is 30.3 Å². The summed E-state index contributed by atoms with van der Waals surface area (Å²) in [6.07, 6.45) is 0. The lowest BCUT2D eigenvalue weighted by Crippen LogP contribution is -2.09. The van der Waals surface area contributed by atoms with Gasteiger partial charge in [-0.25, -0.2) is 4.79 Å². The summed E-state index contributed by atoms with van der Waals surface area (Å²) in [5, 5.41) is 0. The van der Waals surface area contributed by atoms with Gasteiger partial charge in [-0.05, 0) is 12.1 Å². The predicted octanol–water partition coefficient (Wildman–Crippen LogP) is 1.84. The second-order valence-electron chi connectivity index (χ2n) is 2.55. The highest BCUT2D eigenvalue weighted by atomic mass is 35.5. The number of hydrogen-bond acceptors (Lipinski definition) is 4. The Bertz CT molecular complexity index is 276. The molecular weight excluding hydrogens is 220 g/mol. The molecule has 5 heteroatoms. The third-order valence-corrected chi connectivity index (χ3v) is 1.51. The van der Waals surface area contributed by atoms with Crippen LogP contribution in [0, 0.1) is 0 Å². The molecule has 0 fully saturated rings. The largest absolute Gasteiger partial charge is 0.382 e. The second kappa shape index (κ2) is 8.23. The maximum absolute atomic E-state index is 11.2. The van der Waals surface area contributed by atoms with Crippen LogP contribution in [0.4, 0.5) is 0 Å². The van der Waals surface area contributed by atoms with E-state index in [4.69, 9.17) is 4.74 Å². The van der Waals surface area contributed by atoms with E-state index in [1.54, 1.807) is 31.4 Å². The minimum absolute atomic E-state index is 0. The predicted molar refractivity (Wildman–Crippen MR) is 56.9 cm³/mol. The molecule has 0 bridgehead atoms. The quantitative estimate of drug-likeness (QED) is 0.442. The van der Waals surface area contributed by atoms with E-state index in [-0.39, 0.29) is 19.0 Å². The van der Waals surface area contributed by atoms with E-state index >= 15 is 0 Å². The van der Waals surface area contributed by atoms with E-state index in [2.05, 4.69) is 9.78 Å². The summed E-state index contributed by atoms with van der Waals surface area (Å²) < 4.78 is 4.71. The number of hydrogen-bond donors (Lipinski definition) is 0. The van der Waals surface area contributed by atoms with Crippen LogP contribution in [0.3, 0.4) is 0 Å². The standard InChI is InChI=1S/C10H12O4.ClH/c1-12-7-8-13-14-10(11)9-5-3-2-4-6-9;/h2-6H,7-8H2,1H3;1H. The van der Waals surface area contributed by atoms with Gasteiger partial charge in [-0.15, -0.1) is 12.4 Å². The van der Waals surface area contributed by atoms with Gasteiger partial charge in [0, 0.05) is 7.11 Å². The molecular formula is C10H13ClO4. The van der Waals surface area contributed by atoms with Crippen LogP contribution in [0.25, 0.3) is 0 Å². The molecule has 0 aliphatic heterocycles. The van der Waals surface area contributed by atoms with Crippen molar-refractivity contribution < 1.29 is 19.3 Å². The van der Waals surface area contributed by atoms with Gasteiger partial charge in [0.25, 0.3) is 0 Å². The third-order valence-electron chi connectivity index (χ3n) is 1.51. The van der Waals surface area contributed by atoms with E-state index in [9.17, 15) is 4.79 Å². The molecule has 1 aromatic carbocycles. The summed E-state index contributed by atoms with van der Waals surface area (Å²) >= 11 is 0. The molecule has 0 saturated heterocycles. The van der Waals surface area contributed by atoms with Gasteiger partial charge in [-0.1, -0.05) is 18.2 Å². The fourth-order valence-corrected chi connectivity index (χ4v) is 0.835. The van der Waals surface area contributed by atoms with Crippen molar-refractivity contribution in [1.29, 1.82) is 0 Å². The molecule has 0 radical (unpaired) electrons. The van der Waals surface area contributed by atoms with Crippen LogP contribution in [-0.2, 0) is 14.5 Å². The number of rotatable bonds is 5. The van der Waals surface area contributed by atoms with Crippen molar-refractivity contribution in [3.63, 3.8) is 0 Å². The average molecular weight is 233 g/mol. The van der Waals surface area contributed by atoms with Crippen molar-refractivity contribution in [3.8, 4) is 0 Å². The summed E-state index contributed by atoms with van der Waals surface area (Å²) in [5.74, 6) is -0.498. The molecule has 0 aromatic heterocycles. The van der Waals surface area contributed by atoms with Crippen molar-refractivity contribution >= 4 is 18.4 Å². The van der Waals surface area contributed by atoms with Crippen LogP contribution in [0.1, 0.15) is 10.4 Å². The van der Waals surface area contributed by atoms with E-state index < -0.39 is 5.97 Å². The zero-order valence-corrected chi connectivity index (χ0v) is 9.16. The topological polar surface area (TPSA) is 44.8 Å². The monoisotopic (exact) mass is 232 g/mol. The molecule has 0 N–H and O–H groups in total. The maximum atomic E-state index is 11.2. The van der Waals surface area contributed by atoms with Crippen molar-refractivity contribution in [2.75, 3.05) is 20.3 Å². The van der Waals surface area contributed by atoms with Gasteiger partial charge in [0.1, 0.15) is 6.61 Å². The molecule has 0 saturated carbocycles. The fraction of sp³-hybridized carbons (Fsp3) is 0.300. The first kappa shape index (κ1) is 13.9. The Kier molecular flexibility index (Phi) is 7.62. The zero-order chi connectivity index (χ0) is 10.2. The maximum Gasteiger partial charge on any atom is 0.373 e. The number of ether oxygens (including phenoxy) is 1. The molecule has 15 heavy (non-hydrogen) atoms. The van der Waals surface area contributed by atoms with Crippen molar-refractivity contribution in [3.05, 3.63) is 35.9 Å².